The molecule has 0 aromatic carbocycles. The number of fused-ring (bicyclic) bond motifs is 1. The molecule has 3 amide bonds. The standard InChI is InChI=1S/C23H29N11O8S2/c1-4-33-15(25)10(27-11(35)5-24)7-32(33)6-9-8-43-19-13(18(37)34(19)14(9)20(38)39)28-17(36)12(16-29-22(26)44-31-16)30-42-23(2,3)21(40)41/h7,13,19,25H,4-6,8,24H2,1-3H3,(H6,26,27,28,29,31,35,36,38,39,40,41)/b30-12-/t13-,19-/m1/s1. The molecule has 4 heterocycles. The van der Waals surface area contributed by atoms with Crippen LogP contribution in [0.25, 0.3) is 0 Å². The number of amides is 3. The first-order valence-corrected chi connectivity index (χ1v) is 14.7. The molecular formula is C23H29N11O8S2. The summed E-state index contributed by atoms with van der Waals surface area (Å²) in [5.74, 6) is -5.06. The number of β-lactam (4-membered cyclic amide) rings is 1. The number of rotatable bonds is 12. The van der Waals surface area contributed by atoms with Crippen LogP contribution >= 0.6 is 23.3 Å². The largest absolute Gasteiger partial charge is 0.543 e. The van der Waals surface area contributed by atoms with Gasteiger partial charge in [-0.25, -0.2) is 4.79 Å². The number of aromatic nitrogens is 4. The molecule has 0 aliphatic carbocycles. The molecule has 2 aliphatic rings. The van der Waals surface area contributed by atoms with Crippen molar-refractivity contribution in [1.29, 1.82) is 0 Å². The number of nitrogens with zero attached hydrogens (tertiary/aromatic N) is 6. The quantitative estimate of drug-likeness (QED) is 0.0559. The number of hydrogen-bond donors (Lipinski definition) is 6. The van der Waals surface area contributed by atoms with E-state index < -0.39 is 52.4 Å². The molecule has 2 atom stereocenters. The topological polar surface area (TPSA) is 290 Å². The predicted molar refractivity (Wildman–Crippen MR) is 153 cm³/mol. The van der Waals surface area contributed by atoms with Gasteiger partial charge in [-0.3, -0.25) is 19.3 Å². The molecular weight excluding hydrogens is 622 g/mol. The molecule has 0 saturated carbocycles. The minimum absolute atomic E-state index is 0.00860. The monoisotopic (exact) mass is 651 g/mol. The zero-order valence-corrected chi connectivity index (χ0v) is 25.2. The Hall–Kier alpha value is -4.76. The van der Waals surface area contributed by atoms with Crippen LogP contribution < -0.4 is 37.6 Å². The zero-order chi connectivity index (χ0) is 32.5. The van der Waals surface area contributed by atoms with Crippen LogP contribution in [0, 0.1) is 0 Å². The molecule has 9 N–H and O–H groups in total. The number of carboxylic acids is 2. The molecule has 44 heavy (non-hydrogen) atoms. The maximum Gasteiger partial charge on any atom is 0.350 e. The van der Waals surface area contributed by atoms with Gasteiger partial charge in [0.1, 0.15) is 11.4 Å². The molecule has 0 radical (unpaired) electrons. The van der Waals surface area contributed by atoms with Gasteiger partial charge in [-0.05, 0) is 20.8 Å². The summed E-state index contributed by atoms with van der Waals surface area (Å²) in [6.45, 7) is 4.31. The van der Waals surface area contributed by atoms with Crippen molar-refractivity contribution in [1.82, 2.24) is 24.3 Å². The normalized spacial score (nSPS) is 18.4. The molecule has 4 rings (SSSR count). The Kier molecular flexibility index (Phi) is 9.11. The van der Waals surface area contributed by atoms with Crippen molar-refractivity contribution in [3.05, 3.63) is 23.3 Å². The highest BCUT2D eigenvalue weighted by atomic mass is 32.2. The molecule has 236 valence electrons. The second-order valence-electron chi connectivity index (χ2n) is 9.90. The number of nitrogens with two attached hydrogens (primary N) is 3. The van der Waals surface area contributed by atoms with E-state index in [1.54, 1.807) is 16.3 Å². The number of aliphatic carboxylic acids is 2. The average Bonchev–Trinajstić information content (AvgIpc) is 3.52. The number of carbonyl (C=O) groups excluding carboxylic acids is 4. The average molecular weight is 652 g/mol. The van der Waals surface area contributed by atoms with Crippen LogP contribution in [0.1, 0.15) is 26.6 Å². The number of oxime groups is 1. The van der Waals surface area contributed by atoms with E-state index in [2.05, 4.69) is 25.1 Å². The summed E-state index contributed by atoms with van der Waals surface area (Å²) in [5.41, 5.74) is 15.0. The lowest BCUT2D eigenvalue weighted by atomic mass is 10.0. The summed E-state index contributed by atoms with van der Waals surface area (Å²) in [7, 11) is 0. The third kappa shape index (κ3) is 6.14. The van der Waals surface area contributed by atoms with Gasteiger partial charge in [-0.1, -0.05) is 5.16 Å². The first kappa shape index (κ1) is 32.2. The molecule has 2 aromatic rings. The second-order valence-corrected chi connectivity index (χ2v) is 11.8. The van der Waals surface area contributed by atoms with E-state index in [4.69, 9.17) is 22.0 Å². The lowest BCUT2D eigenvalue weighted by Crippen LogP contribution is -2.71. The van der Waals surface area contributed by atoms with Crippen LogP contribution in [0.2, 0.25) is 0 Å². The Morgan fingerprint density at radius 3 is 2.59 bits per heavy atom. The van der Waals surface area contributed by atoms with Crippen LogP contribution in [0.4, 0.5) is 16.6 Å². The van der Waals surface area contributed by atoms with Crippen molar-refractivity contribution in [2.45, 2.75) is 50.9 Å². The smallest absolute Gasteiger partial charge is 0.350 e. The van der Waals surface area contributed by atoms with Crippen LogP contribution in [0.15, 0.2) is 22.6 Å². The minimum atomic E-state index is -1.82. The lowest BCUT2D eigenvalue weighted by Gasteiger charge is -2.50. The van der Waals surface area contributed by atoms with Gasteiger partial charge in [0.2, 0.25) is 29.2 Å². The molecule has 0 spiro atoms. The first-order valence-electron chi connectivity index (χ1n) is 12.9. The van der Waals surface area contributed by atoms with E-state index in [9.17, 15) is 34.2 Å². The fraction of sp³-hybridized carbons (Fsp3) is 0.435. The molecule has 1 fully saturated rings. The van der Waals surface area contributed by atoms with E-state index in [0.717, 1.165) is 16.4 Å². The molecule has 0 unspecified atom stereocenters. The maximum atomic E-state index is 13.2. The van der Waals surface area contributed by atoms with E-state index in [-0.39, 0.29) is 47.0 Å². The predicted octanol–water partition coefficient (Wildman–Crippen LogP) is -3.60. The van der Waals surface area contributed by atoms with Crippen LogP contribution in [-0.4, -0.2) is 88.7 Å². The summed E-state index contributed by atoms with van der Waals surface area (Å²) in [6, 6.07) is -1.18. The molecule has 21 heteroatoms. The van der Waals surface area contributed by atoms with Gasteiger partial charge in [-0.2, -0.15) is 9.36 Å². The summed E-state index contributed by atoms with van der Waals surface area (Å²) in [5, 5.41) is 29.5. The highest BCUT2D eigenvalue weighted by Crippen LogP contribution is 2.40. The van der Waals surface area contributed by atoms with Gasteiger partial charge >= 0.3 is 5.97 Å². The van der Waals surface area contributed by atoms with E-state index in [1.165, 1.54) is 31.8 Å². The van der Waals surface area contributed by atoms with Gasteiger partial charge in [0.25, 0.3) is 11.8 Å². The van der Waals surface area contributed by atoms with Crippen molar-refractivity contribution in [2.24, 2.45) is 10.9 Å². The van der Waals surface area contributed by atoms with Gasteiger partial charge in [0.05, 0.1) is 24.8 Å². The van der Waals surface area contributed by atoms with Gasteiger partial charge in [-0.15, -0.1) is 21.1 Å². The molecule has 2 aliphatic heterocycles. The number of nitrogen functional groups attached to an aromatic ring is 2. The van der Waals surface area contributed by atoms with Crippen molar-refractivity contribution in [2.75, 3.05) is 29.1 Å². The SMILES string of the molecule is CCn1c(N)c(NC(=O)CN)c[n+]1CC1=C(C(=O)[O-])N2C(=O)[C@@H](NC(=O)/C(=N\OC(C)(C)C(=O)O)c3nsc(N)n3)[C@H]2SC1. The molecule has 0 bridgehead atoms. The van der Waals surface area contributed by atoms with Gasteiger partial charge in [0, 0.05) is 22.9 Å². The highest BCUT2D eigenvalue weighted by Gasteiger charge is 2.53. The van der Waals surface area contributed by atoms with Gasteiger partial charge < -0.3 is 47.7 Å². The third-order valence-corrected chi connectivity index (χ3v) is 8.41. The Bertz CT molecular complexity index is 1600. The fourth-order valence-corrected chi connectivity index (χ4v) is 6.03. The number of carboxylic acid groups (broad SMARTS) is 2. The molecule has 1 saturated heterocycles. The van der Waals surface area contributed by atoms with E-state index in [0.29, 0.717) is 12.1 Å². The number of anilines is 3. The van der Waals surface area contributed by atoms with Crippen molar-refractivity contribution >= 4 is 75.3 Å². The Morgan fingerprint density at radius 1 is 1.32 bits per heavy atom. The Balaban J connectivity index is 1.58. The summed E-state index contributed by atoms with van der Waals surface area (Å²) < 4.78 is 7.12. The Morgan fingerprint density at radius 2 is 2.02 bits per heavy atom. The van der Waals surface area contributed by atoms with Crippen molar-refractivity contribution in [3.8, 4) is 0 Å². The van der Waals surface area contributed by atoms with Crippen molar-refractivity contribution in [3.63, 3.8) is 0 Å². The third-order valence-electron chi connectivity index (χ3n) is 6.53. The lowest BCUT2D eigenvalue weighted by molar-refractivity contribution is -0.767. The highest BCUT2D eigenvalue weighted by molar-refractivity contribution is 8.00. The second kappa shape index (κ2) is 12.5. The number of carbonyl (C=O) groups is 5. The van der Waals surface area contributed by atoms with E-state index >= 15 is 0 Å². The van der Waals surface area contributed by atoms with Crippen LogP contribution in [-0.2, 0) is 41.9 Å². The van der Waals surface area contributed by atoms with Crippen LogP contribution in [0.3, 0.4) is 0 Å². The van der Waals surface area contributed by atoms with E-state index in [1.807, 2.05) is 0 Å². The zero-order valence-electron chi connectivity index (χ0n) is 23.6. The molecule has 2 aromatic heterocycles. The number of thioether (sulfide) groups is 1. The van der Waals surface area contributed by atoms with Crippen molar-refractivity contribution < 1.29 is 43.7 Å². The summed E-state index contributed by atoms with van der Waals surface area (Å²) >= 11 is 1.94. The number of hydrogen-bond acceptors (Lipinski definition) is 15. The van der Waals surface area contributed by atoms with Gasteiger partial charge in [0.15, 0.2) is 23.2 Å². The molecule has 19 nitrogen and oxygen atoms in total. The maximum absolute atomic E-state index is 13.2. The minimum Gasteiger partial charge on any atom is -0.543 e. The number of nitrogens with one attached hydrogen (secondary N) is 2. The Labute approximate surface area is 257 Å². The summed E-state index contributed by atoms with van der Waals surface area (Å²) in [4.78, 5) is 71.9. The van der Waals surface area contributed by atoms with Crippen LogP contribution in [0.5, 0.6) is 0 Å². The first-order chi connectivity index (χ1) is 20.7. The summed E-state index contributed by atoms with van der Waals surface area (Å²) in [6.07, 6.45) is 1.53. The fourth-order valence-electron chi connectivity index (χ4n) is 4.26.